The third-order valence-electron chi connectivity index (χ3n) is 5.78. The lowest BCUT2D eigenvalue weighted by molar-refractivity contribution is 0.0862. The van der Waals surface area contributed by atoms with Crippen LogP contribution in [0.15, 0.2) is 30.0 Å². The second-order valence-electron chi connectivity index (χ2n) is 7.36. The first-order chi connectivity index (χ1) is 12.2. The Morgan fingerprint density at radius 3 is 2.84 bits per heavy atom. The number of aromatic amines is 1. The number of fused-ring (bicyclic) bond motifs is 2. The SMILES string of the molecule is N#CC(=C(O)CN1CC[C@H]2CCCC[C@@H]2C1)c1nc2ccccc2[nH]1. The number of allylic oxidation sites excluding steroid dienone is 1. The summed E-state index contributed by atoms with van der Waals surface area (Å²) in [6, 6.07) is 9.79. The number of aliphatic hydroxyl groups excluding tert-OH is 1. The fourth-order valence-electron chi connectivity index (χ4n) is 4.44. The summed E-state index contributed by atoms with van der Waals surface area (Å²) in [5, 5.41) is 20.1. The summed E-state index contributed by atoms with van der Waals surface area (Å²) in [4.78, 5) is 9.88. The Hall–Kier alpha value is -2.32. The number of piperidine rings is 1. The molecule has 1 saturated heterocycles. The summed E-state index contributed by atoms with van der Waals surface area (Å²) in [6.07, 6.45) is 6.59. The molecule has 2 aliphatic rings. The van der Waals surface area contributed by atoms with E-state index in [2.05, 4.69) is 20.9 Å². The van der Waals surface area contributed by atoms with Crippen LogP contribution in [0.25, 0.3) is 16.6 Å². The molecular formula is C20H24N4O. The van der Waals surface area contributed by atoms with Crippen LogP contribution in [0.5, 0.6) is 0 Å². The first-order valence-electron chi connectivity index (χ1n) is 9.24. The average molecular weight is 336 g/mol. The fourth-order valence-corrected chi connectivity index (χ4v) is 4.44. The van der Waals surface area contributed by atoms with Crippen LogP contribution < -0.4 is 0 Å². The van der Waals surface area contributed by atoms with Gasteiger partial charge < -0.3 is 10.1 Å². The standard InChI is InChI=1S/C20H24N4O/c21-11-16(20-22-17-7-3-4-8-18(17)23-20)19(25)13-24-10-9-14-5-1-2-6-15(14)12-24/h3-4,7-8,14-15,25H,1-2,5-6,9-10,12-13H2,(H,22,23)/t14-,15-/m1/s1. The highest BCUT2D eigenvalue weighted by Crippen LogP contribution is 2.36. The summed E-state index contributed by atoms with van der Waals surface area (Å²) in [5.41, 5.74) is 1.93. The number of hydrogen-bond donors (Lipinski definition) is 2. The van der Waals surface area contributed by atoms with E-state index in [0.717, 1.165) is 36.0 Å². The molecule has 2 atom stereocenters. The van der Waals surface area contributed by atoms with E-state index in [4.69, 9.17) is 0 Å². The molecule has 4 rings (SSSR count). The second kappa shape index (κ2) is 6.89. The molecule has 1 aromatic heterocycles. The van der Waals surface area contributed by atoms with Crippen LogP contribution >= 0.6 is 0 Å². The molecule has 1 saturated carbocycles. The van der Waals surface area contributed by atoms with Crippen molar-refractivity contribution in [2.24, 2.45) is 11.8 Å². The topological polar surface area (TPSA) is 75.9 Å². The van der Waals surface area contributed by atoms with Crippen molar-refractivity contribution in [1.82, 2.24) is 14.9 Å². The number of H-pyrrole nitrogens is 1. The molecule has 5 heteroatoms. The van der Waals surface area contributed by atoms with Gasteiger partial charge in [0.1, 0.15) is 17.4 Å². The van der Waals surface area contributed by atoms with E-state index < -0.39 is 0 Å². The molecule has 2 heterocycles. The maximum absolute atomic E-state index is 10.6. The fraction of sp³-hybridized carbons (Fsp3) is 0.500. The zero-order chi connectivity index (χ0) is 17.2. The van der Waals surface area contributed by atoms with Crippen molar-refractivity contribution in [1.29, 1.82) is 5.26 Å². The summed E-state index contributed by atoms with van der Waals surface area (Å²) in [7, 11) is 0. The summed E-state index contributed by atoms with van der Waals surface area (Å²) >= 11 is 0. The van der Waals surface area contributed by atoms with Crippen LogP contribution in [-0.2, 0) is 0 Å². The number of nitrogens with zero attached hydrogens (tertiary/aromatic N) is 3. The molecule has 0 radical (unpaired) electrons. The lowest BCUT2D eigenvalue weighted by atomic mass is 9.75. The quantitative estimate of drug-likeness (QED) is 0.659. The molecule has 1 aliphatic heterocycles. The van der Waals surface area contributed by atoms with Gasteiger partial charge in [0, 0.05) is 6.54 Å². The van der Waals surface area contributed by atoms with Gasteiger partial charge in [-0.05, 0) is 43.4 Å². The minimum absolute atomic E-state index is 0.121. The Balaban J connectivity index is 1.52. The van der Waals surface area contributed by atoms with Gasteiger partial charge in [0.25, 0.3) is 0 Å². The summed E-state index contributed by atoms with van der Waals surface area (Å²) < 4.78 is 0. The minimum Gasteiger partial charge on any atom is -0.509 e. The monoisotopic (exact) mass is 336 g/mol. The molecule has 5 nitrogen and oxygen atoms in total. The zero-order valence-electron chi connectivity index (χ0n) is 14.4. The van der Waals surface area contributed by atoms with Gasteiger partial charge in [0.05, 0.1) is 17.6 Å². The van der Waals surface area contributed by atoms with Gasteiger partial charge in [0.15, 0.2) is 5.82 Å². The van der Waals surface area contributed by atoms with Crippen LogP contribution in [0.3, 0.4) is 0 Å². The Bertz CT molecular complexity index is 799. The van der Waals surface area contributed by atoms with Gasteiger partial charge >= 0.3 is 0 Å². The first-order valence-corrected chi connectivity index (χ1v) is 9.24. The van der Waals surface area contributed by atoms with Crippen molar-refractivity contribution < 1.29 is 5.11 Å². The van der Waals surface area contributed by atoms with Crippen molar-refractivity contribution >= 4 is 16.6 Å². The van der Waals surface area contributed by atoms with Gasteiger partial charge in [-0.3, -0.25) is 4.90 Å². The zero-order valence-corrected chi connectivity index (χ0v) is 14.4. The third kappa shape index (κ3) is 3.27. The van der Waals surface area contributed by atoms with Gasteiger partial charge in [0.2, 0.25) is 0 Å². The minimum atomic E-state index is 0.121. The predicted octanol–water partition coefficient (Wildman–Crippen LogP) is 3.87. The lowest BCUT2D eigenvalue weighted by Crippen LogP contribution is -2.42. The van der Waals surface area contributed by atoms with E-state index in [1.165, 1.54) is 32.1 Å². The maximum atomic E-state index is 10.6. The van der Waals surface area contributed by atoms with Gasteiger partial charge in [-0.1, -0.05) is 31.4 Å². The summed E-state index contributed by atoms with van der Waals surface area (Å²) in [5.74, 6) is 2.19. The number of hydrogen-bond acceptors (Lipinski definition) is 4. The highest BCUT2D eigenvalue weighted by Gasteiger charge is 2.31. The number of benzene rings is 1. The van der Waals surface area contributed by atoms with Crippen molar-refractivity contribution in [3.8, 4) is 6.07 Å². The molecule has 0 bridgehead atoms. The Labute approximate surface area is 148 Å². The van der Waals surface area contributed by atoms with Crippen LogP contribution in [0.2, 0.25) is 0 Å². The molecule has 0 unspecified atom stereocenters. The van der Waals surface area contributed by atoms with Crippen molar-refractivity contribution in [2.45, 2.75) is 32.1 Å². The molecule has 1 aliphatic carbocycles. The highest BCUT2D eigenvalue weighted by atomic mass is 16.3. The largest absolute Gasteiger partial charge is 0.509 e. The molecule has 2 fully saturated rings. The van der Waals surface area contributed by atoms with E-state index in [9.17, 15) is 10.4 Å². The number of para-hydroxylation sites is 2. The Morgan fingerprint density at radius 2 is 2.04 bits per heavy atom. The Kier molecular flexibility index (Phi) is 4.46. The molecule has 1 aromatic carbocycles. The van der Waals surface area contributed by atoms with Crippen LogP contribution in [-0.4, -0.2) is 39.6 Å². The molecule has 0 amide bonds. The average Bonchev–Trinajstić information content (AvgIpc) is 3.05. The second-order valence-corrected chi connectivity index (χ2v) is 7.36. The number of rotatable bonds is 3. The van der Waals surface area contributed by atoms with Gasteiger partial charge in [-0.15, -0.1) is 0 Å². The van der Waals surface area contributed by atoms with Crippen LogP contribution in [0.4, 0.5) is 0 Å². The van der Waals surface area contributed by atoms with Gasteiger partial charge in [-0.25, -0.2) is 4.98 Å². The summed E-state index contributed by atoms with van der Waals surface area (Å²) in [6.45, 7) is 2.47. The van der Waals surface area contributed by atoms with Crippen molar-refractivity contribution in [3.63, 3.8) is 0 Å². The Morgan fingerprint density at radius 1 is 1.24 bits per heavy atom. The molecule has 2 N–H and O–H groups in total. The van der Waals surface area contributed by atoms with E-state index in [1.54, 1.807) is 0 Å². The molecule has 0 spiro atoms. The smallest absolute Gasteiger partial charge is 0.152 e. The van der Waals surface area contributed by atoms with E-state index in [0.29, 0.717) is 12.4 Å². The maximum Gasteiger partial charge on any atom is 0.152 e. The predicted molar refractivity (Wildman–Crippen MR) is 97.8 cm³/mol. The third-order valence-corrected chi connectivity index (χ3v) is 5.78. The normalized spacial score (nSPS) is 25.2. The molecule has 130 valence electrons. The van der Waals surface area contributed by atoms with E-state index in [1.807, 2.05) is 24.3 Å². The number of nitrogens with one attached hydrogen (secondary N) is 1. The molecule has 2 aromatic rings. The number of aromatic nitrogens is 2. The van der Waals surface area contributed by atoms with Crippen molar-refractivity contribution in [2.75, 3.05) is 19.6 Å². The lowest BCUT2D eigenvalue weighted by Gasteiger charge is -2.41. The van der Waals surface area contributed by atoms with Gasteiger partial charge in [-0.2, -0.15) is 5.26 Å². The highest BCUT2D eigenvalue weighted by molar-refractivity contribution is 5.82. The first kappa shape index (κ1) is 16.2. The number of aliphatic hydroxyl groups is 1. The molecular weight excluding hydrogens is 312 g/mol. The molecule has 25 heavy (non-hydrogen) atoms. The number of nitriles is 1. The van der Waals surface area contributed by atoms with Crippen LogP contribution in [0, 0.1) is 23.2 Å². The van der Waals surface area contributed by atoms with Crippen LogP contribution in [0.1, 0.15) is 37.9 Å². The van der Waals surface area contributed by atoms with E-state index in [-0.39, 0.29) is 11.3 Å². The number of likely N-dealkylation sites (tertiary alicyclic amines) is 1. The van der Waals surface area contributed by atoms with Crippen molar-refractivity contribution in [3.05, 3.63) is 35.8 Å². The number of imidazole rings is 1. The van der Waals surface area contributed by atoms with E-state index >= 15 is 0 Å².